The van der Waals surface area contributed by atoms with E-state index >= 15 is 0 Å². The molecule has 9 heteroatoms. The van der Waals surface area contributed by atoms with Crippen molar-refractivity contribution in [2.24, 2.45) is 5.10 Å². The molecule has 1 aromatic carbocycles. The van der Waals surface area contributed by atoms with Gasteiger partial charge in [0.05, 0.1) is 23.0 Å². The van der Waals surface area contributed by atoms with Crippen LogP contribution in [0.4, 0.5) is 11.9 Å². The molecule has 150 valence electrons. The van der Waals surface area contributed by atoms with E-state index in [-0.39, 0.29) is 22.9 Å². The van der Waals surface area contributed by atoms with Crippen molar-refractivity contribution in [3.63, 3.8) is 0 Å². The number of allylic oxidation sites excluding steroid dienone is 1. The normalized spacial score (nSPS) is 15.7. The molecule has 3 heterocycles. The van der Waals surface area contributed by atoms with E-state index in [1.54, 1.807) is 17.3 Å². The number of benzene rings is 1. The van der Waals surface area contributed by atoms with Crippen molar-refractivity contribution in [1.29, 1.82) is 5.26 Å². The van der Waals surface area contributed by atoms with Gasteiger partial charge >= 0.3 is 0 Å². The Kier molecular flexibility index (Phi) is 4.75. The van der Waals surface area contributed by atoms with Gasteiger partial charge in [0.2, 0.25) is 5.95 Å². The fourth-order valence-electron chi connectivity index (χ4n) is 3.41. The predicted molar refractivity (Wildman–Crippen MR) is 116 cm³/mol. The second kappa shape index (κ2) is 7.40. The molecule has 0 fully saturated rings. The lowest BCUT2D eigenvalue weighted by molar-refractivity contribution is 0.505. The molecule has 0 aliphatic carbocycles. The van der Waals surface area contributed by atoms with Crippen LogP contribution in [0.2, 0.25) is 0 Å². The van der Waals surface area contributed by atoms with Gasteiger partial charge in [0, 0.05) is 17.7 Å². The summed E-state index contributed by atoms with van der Waals surface area (Å²) < 4.78 is 0. The highest BCUT2D eigenvalue weighted by Gasteiger charge is 2.35. The summed E-state index contributed by atoms with van der Waals surface area (Å²) in [6.45, 7) is 6.04. The third kappa shape index (κ3) is 3.75. The Bertz CT molecular complexity index is 1180. The van der Waals surface area contributed by atoms with Gasteiger partial charge in [0.15, 0.2) is 5.82 Å². The van der Waals surface area contributed by atoms with Gasteiger partial charge < -0.3 is 10.7 Å². The molecule has 0 unspecified atom stereocenters. The van der Waals surface area contributed by atoms with Crippen LogP contribution in [0.25, 0.3) is 23.0 Å². The number of hydrazone groups is 1. The van der Waals surface area contributed by atoms with Gasteiger partial charge in [0.25, 0.3) is 5.95 Å². The predicted octanol–water partition coefficient (Wildman–Crippen LogP) is 3.27. The van der Waals surface area contributed by atoms with E-state index in [1.165, 1.54) is 0 Å². The maximum absolute atomic E-state index is 9.72. The van der Waals surface area contributed by atoms with E-state index in [4.69, 9.17) is 5.73 Å². The maximum atomic E-state index is 9.72. The SMILES string of the molecule is CC1=NN(c2nc(N)nc(/C(C#N)=C\c3cnc(-c4ccccc4)[nH]3)n2)C(C)(C)C1. The summed E-state index contributed by atoms with van der Waals surface area (Å²) in [5.41, 5.74) is 8.45. The highest BCUT2D eigenvalue weighted by atomic mass is 15.6. The summed E-state index contributed by atoms with van der Waals surface area (Å²) in [7, 11) is 0. The van der Waals surface area contributed by atoms with E-state index in [1.807, 2.05) is 51.1 Å². The molecular formula is C21H21N9. The Morgan fingerprint density at radius 2 is 2.00 bits per heavy atom. The third-order valence-corrected chi connectivity index (χ3v) is 4.67. The van der Waals surface area contributed by atoms with Crippen LogP contribution in [0.5, 0.6) is 0 Å². The largest absolute Gasteiger partial charge is 0.368 e. The quantitative estimate of drug-likeness (QED) is 0.643. The van der Waals surface area contributed by atoms with E-state index in [0.717, 1.165) is 17.7 Å². The van der Waals surface area contributed by atoms with Gasteiger partial charge in [-0.3, -0.25) is 0 Å². The number of H-pyrrole nitrogens is 1. The molecule has 2 aromatic heterocycles. The van der Waals surface area contributed by atoms with E-state index in [9.17, 15) is 5.26 Å². The summed E-state index contributed by atoms with van der Waals surface area (Å²) in [6, 6.07) is 11.9. The number of hydrogen-bond acceptors (Lipinski definition) is 8. The lowest BCUT2D eigenvalue weighted by Gasteiger charge is -2.28. The molecule has 1 aliphatic rings. The number of rotatable bonds is 4. The van der Waals surface area contributed by atoms with Crippen LogP contribution in [-0.4, -0.2) is 36.2 Å². The highest BCUT2D eigenvalue weighted by Crippen LogP contribution is 2.31. The van der Waals surface area contributed by atoms with Crippen molar-refractivity contribution in [3.8, 4) is 17.5 Å². The molecule has 0 amide bonds. The molecule has 1 aliphatic heterocycles. The number of aromatic nitrogens is 5. The van der Waals surface area contributed by atoms with Crippen LogP contribution in [0, 0.1) is 11.3 Å². The Labute approximate surface area is 174 Å². The first-order chi connectivity index (χ1) is 14.4. The van der Waals surface area contributed by atoms with E-state index in [2.05, 4.69) is 36.1 Å². The van der Waals surface area contributed by atoms with Gasteiger partial charge in [-0.15, -0.1) is 0 Å². The van der Waals surface area contributed by atoms with Crippen LogP contribution < -0.4 is 10.7 Å². The minimum absolute atomic E-state index is 0.0290. The highest BCUT2D eigenvalue weighted by molar-refractivity contribution is 5.88. The number of nitrogen functional groups attached to an aromatic ring is 1. The first kappa shape index (κ1) is 19.3. The van der Waals surface area contributed by atoms with Gasteiger partial charge in [-0.05, 0) is 26.8 Å². The van der Waals surface area contributed by atoms with Crippen molar-refractivity contribution in [2.45, 2.75) is 32.7 Å². The first-order valence-corrected chi connectivity index (χ1v) is 9.44. The zero-order chi connectivity index (χ0) is 21.3. The number of hydrogen-bond donors (Lipinski definition) is 2. The minimum Gasteiger partial charge on any atom is -0.368 e. The van der Waals surface area contributed by atoms with E-state index in [0.29, 0.717) is 17.5 Å². The van der Waals surface area contributed by atoms with Crippen LogP contribution in [0.15, 0.2) is 41.6 Å². The molecule has 3 N–H and O–H groups in total. The number of anilines is 2. The van der Waals surface area contributed by atoms with Crippen molar-refractivity contribution in [1.82, 2.24) is 24.9 Å². The molecule has 3 aromatic rings. The number of nitrogens with two attached hydrogens (primary N) is 1. The van der Waals surface area contributed by atoms with Crippen molar-refractivity contribution < 1.29 is 0 Å². The molecule has 0 bridgehead atoms. The monoisotopic (exact) mass is 399 g/mol. The molecule has 30 heavy (non-hydrogen) atoms. The molecule has 0 radical (unpaired) electrons. The molecule has 0 atom stereocenters. The van der Waals surface area contributed by atoms with Crippen LogP contribution in [0.3, 0.4) is 0 Å². The number of nitrogens with zero attached hydrogens (tertiary/aromatic N) is 7. The number of aromatic amines is 1. The molecule has 0 saturated heterocycles. The molecular weight excluding hydrogens is 378 g/mol. The number of imidazole rings is 1. The van der Waals surface area contributed by atoms with Gasteiger partial charge in [-0.1, -0.05) is 30.3 Å². The molecule has 9 nitrogen and oxygen atoms in total. The average Bonchev–Trinajstić information content (AvgIpc) is 3.29. The third-order valence-electron chi connectivity index (χ3n) is 4.67. The summed E-state index contributed by atoms with van der Waals surface area (Å²) in [4.78, 5) is 20.4. The zero-order valence-corrected chi connectivity index (χ0v) is 17.0. The molecule has 4 rings (SSSR count). The molecule has 0 saturated carbocycles. The lowest BCUT2D eigenvalue weighted by Crippen LogP contribution is -2.37. The summed E-state index contributed by atoms with van der Waals surface area (Å²) in [6.07, 6.45) is 4.08. The topological polar surface area (TPSA) is 133 Å². The standard InChI is InChI=1S/C21H21N9/c1-13-10-21(2,3)30(29-13)20-27-18(26-19(23)28-20)15(11-22)9-16-12-24-17(25-16)14-7-5-4-6-8-14/h4-9,12H,10H2,1-3H3,(H,24,25)(H2,23,26,27,28)/b15-9-. The van der Waals surface area contributed by atoms with Gasteiger partial charge in [-0.2, -0.15) is 25.3 Å². The number of nitrogens with one attached hydrogen (secondary N) is 1. The van der Waals surface area contributed by atoms with Gasteiger partial charge in [0.1, 0.15) is 11.9 Å². The lowest BCUT2D eigenvalue weighted by atomic mass is 9.99. The van der Waals surface area contributed by atoms with Gasteiger partial charge in [-0.25, -0.2) is 9.99 Å². The fourth-order valence-corrected chi connectivity index (χ4v) is 3.41. The van der Waals surface area contributed by atoms with Crippen molar-refractivity contribution >= 4 is 29.3 Å². The zero-order valence-electron chi connectivity index (χ0n) is 17.0. The van der Waals surface area contributed by atoms with Crippen molar-refractivity contribution in [3.05, 3.63) is 48.0 Å². The summed E-state index contributed by atoms with van der Waals surface area (Å²) in [5.74, 6) is 1.24. The Morgan fingerprint density at radius 3 is 2.67 bits per heavy atom. The van der Waals surface area contributed by atoms with E-state index < -0.39 is 0 Å². The minimum atomic E-state index is -0.292. The fraction of sp³-hybridized carbons (Fsp3) is 0.238. The summed E-state index contributed by atoms with van der Waals surface area (Å²) >= 11 is 0. The Morgan fingerprint density at radius 1 is 1.23 bits per heavy atom. The molecule has 0 spiro atoms. The van der Waals surface area contributed by atoms with Crippen LogP contribution in [-0.2, 0) is 0 Å². The maximum Gasteiger partial charge on any atom is 0.252 e. The summed E-state index contributed by atoms with van der Waals surface area (Å²) in [5, 5.41) is 16.0. The van der Waals surface area contributed by atoms with Crippen molar-refractivity contribution in [2.75, 3.05) is 10.7 Å². The van der Waals surface area contributed by atoms with Crippen LogP contribution in [0.1, 0.15) is 38.7 Å². The Balaban J connectivity index is 1.70. The second-order valence-electron chi connectivity index (χ2n) is 7.68. The number of nitriles is 1. The van der Waals surface area contributed by atoms with Crippen LogP contribution >= 0.6 is 0 Å². The Hall–Kier alpha value is -4.06. The second-order valence-corrected chi connectivity index (χ2v) is 7.68. The average molecular weight is 399 g/mol. The smallest absolute Gasteiger partial charge is 0.252 e. The first-order valence-electron chi connectivity index (χ1n) is 9.44.